The zero-order chi connectivity index (χ0) is 25.6. The molecule has 37 heavy (non-hydrogen) atoms. The summed E-state index contributed by atoms with van der Waals surface area (Å²) in [6, 6.07) is 44.6. The third-order valence-electron chi connectivity index (χ3n) is 7.83. The Morgan fingerprint density at radius 1 is 0.514 bits per heavy atom. The molecule has 0 radical (unpaired) electrons. The Labute approximate surface area is 221 Å². The molecule has 0 atom stereocenters. The van der Waals surface area contributed by atoms with Gasteiger partial charge in [-0.3, -0.25) is 0 Å². The molecule has 0 aromatic heterocycles. The quantitative estimate of drug-likeness (QED) is 0.242. The molecular formula is C36H33N. The first kappa shape index (κ1) is 23.3. The minimum atomic E-state index is 0.0114. The smallest absolute Gasteiger partial charge is 0.0492 e. The third-order valence-corrected chi connectivity index (χ3v) is 7.83. The van der Waals surface area contributed by atoms with E-state index in [-0.39, 0.29) is 5.41 Å². The van der Waals surface area contributed by atoms with E-state index in [0.29, 0.717) is 6.04 Å². The molecule has 1 aliphatic rings. The van der Waals surface area contributed by atoms with Gasteiger partial charge in [-0.15, -0.1) is 0 Å². The predicted octanol–water partition coefficient (Wildman–Crippen LogP) is 9.87. The van der Waals surface area contributed by atoms with Crippen LogP contribution in [0.25, 0.3) is 33.4 Å². The Morgan fingerprint density at radius 2 is 1.11 bits per heavy atom. The lowest BCUT2D eigenvalue weighted by molar-refractivity contribution is 0.660. The zero-order valence-corrected chi connectivity index (χ0v) is 22.1. The van der Waals surface area contributed by atoms with E-state index in [1.807, 2.05) is 0 Å². The number of rotatable bonds is 5. The lowest BCUT2D eigenvalue weighted by Gasteiger charge is -2.31. The van der Waals surface area contributed by atoms with Gasteiger partial charge in [0.15, 0.2) is 0 Å². The Morgan fingerprint density at radius 3 is 1.84 bits per heavy atom. The molecule has 1 aliphatic carbocycles. The Hall–Kier alpha value is -4.10. The number of benzene rings is 5. The van der Waals surface area contributed by atoms with Crippen molar-refractivity contribution < 1.29 is 0 Å². The molecule has 0 bridgehead atoms. The third kappa shape index (κ3) is 3.96. The second-order valence-electron chi connectivity index (χ2n) is 10.8. The van der Waals surface area contributed by atoms with Gasteiger partial charge in [0.2, 0.25) is 0 Å². The van der Waals surface area contributed by atoms with Crippen LogP contribution in [0.2, 0.25) is 0 Å². The van der Waals surface area contributed by atoms with E-state index in [1.165, 1.54) is 55.9 Å². The number of fused-ring (bicyclic) bond motifs is 3. The van der Waals surface area contributed by atoms with Crippen molar-refractivity contribution in [2.75, 3.05) is 4.90 Å². The molecule has 0 unspecified atom stereocenters. The van der Waals surface area contributed by atoms with Gasteiger partial charge in [-0.05, 0) is 77.1 Å². The van der Waals surface area contributed by atoms with Gasteiger partial charge in [-0.1, -0.05) is 111 Å². The van der Waals surface area contributed by atoms with Gasteiger partial charge in [0.25, 0.3) is 0 Å². The molecule has 0 amide bonds. The van der Waals surface area contributed by atoms with Crippen molar-refractivity contribution in [2.45, 2.75) is 39.2 Å². The summed E-state index contributed by atoms with van der Waals surface area (Å²) in [6.07, 6.45) is 0. The first-order chi connectivity index (χ1) is 17.9. The Bertz CT molecular complexity index is 1560. The van der Waals surface area contributed by atoms with E-state index in [2.05, 4.69) is 154 Å². The van der Waals surface area contributed by atoms with Crippen molar-refractivity contribution in [3.63, 3.8) is 0 Å². The van der Waals surface area contributed by atoms with Crippen LogP contribution in [-0.2, 0) is 5.41 Å². The van der Waals surface area contributed by atoms with Crippen LogP contribution in [0.4, 0.5) is 11.4 Å². The van der Waals surface area contributed by atoms with Gasteiger partial charge in [-0.2, -0.15) is 0 Å². The van der Waals surface area contributed by atoms with Crippen molar-refractivity contribution in [3.8, 4) is 33.4 Å². The maximum atomic E-state index is 2.44. The van der Waals surface area contributed by atoms with E-state index >= 15 is 0 Å². The van der Waals surface area contributed by atoms with Crippen LogP contribution in [-0.4, -0.2) is 6.04 Å². The molecule has 0 fully saturated rings. The molecule has 1 nitrogen and oxygen atoms in total. The van der Waals surface area contributed by atoms with E-state index < -0.39 is 0 Å². The van der Waals surface area contributed by atoms with Crippen molar-refractivity contribution in [3.05, 3.63) is 132 Å². The fourth-order valence-corrected chi connectivity index (χ4v) is 5.96. The van der Waals surface area contributed by atoms with Crippen molar-refractivity contribution in [1.29, 1.82) is 0 Å². The van der Waals surface area contributed by atoms with Crippen LogP contribution in [0.5, 0.6) is 0 Å². The van der Waals surface area contributed by atoms with Gasteiger partial charge in [0.1, 0.15) is 0 Å². The van der Waals surface area contributed by atoms with Gasteiger partial charge in [0, 0.05) is 28.4 Å². The summed E-state index contributed by atoms with van der Waals surface area (Å²) in [7, 11) is 0. The molecule has 0 aliphatic heterocycles. The second kappa shape index (κ2) is 9.09. The molecule has 5 aromatic carbocycles. The van der Waals surface area contributed by atoms with Crippen molar-refractivity contribution in [1.82, 2.24) is 0 Å². The zero-order valence-electron chi connectivity index (χ0n) is 22.1. The Balaban J connectivity index is 1.37. The summed E-state index contributed by atoms with van der Waals surface area (Å²) in [6.45, 7) is 9.20. The summed E-state index contributed by atoms with van der Waals surface area (Å²) in [5, 5.41) is 0. The fourth-order valence-electron chi connectivity index (χ4n) is 5.96. The number of hydrogen-bond acceptors (Lipinski definition) is 1. The highest BCUT2D eigenvalue weighted by molar-refractivity contribution is 5.85. The van der Waals surface area contributed by atoms with E-state index in [9.17, 15) is 0 Å². The molecule has 5 aromatic rings. The van der Waals surface area contributed by atoms with Gasteiger partial charge < -0.3 is 4.90 Å². The average Bonchev–Trinajstić information content (AvgIpc) is 3.16. The number of anilines is 2. The summed E-state index contributed by atoms with van der Waals surface area (Å²) in [5.41, 5.74) is 13.0. The molecule has 0 N–H and O–H groups in total. The van der Waals surface area contributed by atoms with Crippen LogP contribution in [0.15, 0.2) is 121 Å². The van der Waals surface area contributed by atoms with Crippen molar-refractivity contribution in [2.24, 2.45) is 0 Å². The van der Waals surface area contributed by atoms with Gasteiger partial charge in [0.05, 0.1) is 0 Å². The first-order valence-corrected chi connectivity index (χ1v) is 13.2. The summed E-state index contributed by atoms with van der Waals surface area (Å²) >= 11 is 0. The summed E-state index contributed by atoms with van der Waals surface area (Å²) in [4.78, 5) is 2.44. The largest absolute Gasteiger partial charge is 0.338 e. The van der Waals surface area contributed by atoms with E-state index in [1.54, 1.807) is 0 Å². The molecule has 0 saturated carbocycles. The monoisotopic (exact) mass is 479 g/mol. The minimum absolute atomic E-state index is 0.0114. The van der Waals surface area contributed by atoms with Gasteiger partial charge >= 0.3 is 0 Å². The molecular weight excluding hydrogens is 446 g/mol. The molecule has 1 heteroatoms. The van der Waals surface area contributed by atoms with Gasteiger partial charge in [-0.25, -0.2) is 0 Å². The minimum Gasteiger partial charge on any atom is -0.338 e. The summed E-state index contributed by atoms with van der Waals surface area (Å²) in [5.74, 6) is 0. The molecule has 0 spiro atoms. The molecule has 0 saturated heterocycles. The standard InChI is InChI=1S/C36H33N/c1-25(2)37(35-17-11-9-14-30(35)27-12-6-5-7-13-27)29-21-18-26(19-22-29)28-20-23-32-31-15-8-10-16-33(31)36(3,4)34(32)24-28/h5-25H,1-4H3. The average molecular weight is 480 g/mol. The lowest BCUT2D eigenvalue weighted by atomic mass is 9.81. The second-order valence-corrected chi connectivity index (χ2v) is 10.8. The molecule has 6 rings (SSSR count). The molecule has 182 valence electrons. The normalized spacial score (nSPS) is 13.3. The van der Waals surface area contributed by atoms with Crippen LogP contribution in [0.3, 0.4) is 0 Å². The summed E-state index contributed by atoms with van der Waals surface area (Å²) < 4.78 is 0. The fraction of sp³-hybridized carbons (Fsp3) is 0.167. The Kier molecular flexibility index (Phi) is 5.72. The number of para-hydroxylation sites is 1. The van der Waals surface area contributed by atoms with Crippen molar-refractivity contribution >= 4 is 11.4 Å². The first-order valence-electron chi connectivity index (χ1n) is 13.2. The van der Waals surface area contributed by atoms with Crippen LogP contribution in [0.1, 0.15) is 38.8 Å². The topological polar surface area (TPSA) is 3.24 Å². The number of nitrogens with zero attached hydrogens (tertiary/aromatic N) is 1. The van der Waals surface area contributed by atoms with E-state index in [4.69, 9.17) is 0 Å². The predicted molar refractivity (Wildman–Crippen MR) is 159 cm³/mol. The highest BCUT2D eigenvalue weighted by Crippen LogP contribution is 2.49. The SMILES string of the molecule is CC(C)N(c1ccc(-c2ccc3c(c2)C(C)(C)c2ccccc2-3)cc1)c1ccccc1-c1ccccc1. The van der Waals surface area contributed by atoms with Crippen LogP contribution < -0.4 is 4.90 Å². The van der Waals surface area contributed by atoms with Crippen LogP contribution >= 0.6 is 0 Å². The van der Waals surface area contributed by atoms with Crippen LogP contribution in [0, 0.1) is 0 Å². The maximum absolute atomic E-state index is 2.44. The highest BCUT2D eigenvalue weighted by atomic mass is 15.2. The maximum Gasteiger partial charge on any atom is 0.0492 e. The lowest BCUT2D eigenvalue weighted by Crippen LogP contribution is -2.25. The number of hydrogen-bond donors (Lipinski definition) is 0. The van der Waals surface area contributed by atoms with E-state index in [0.717, 1.165) is 0 Å². The molecule has 0 heterocycles. The highest BCUT2D eigenvalue weighted by Gasteiger charge is 2.35.